The molecule has 0 saturated heterocycles. The highest BCUT2D eigenvalue weighted by Gasteiger charge is 2.12. The van der Waals surface area contributed by atoms with Crippen molar-refractivity contribution < 1.29 is 15.0 Å². The van der Waals surface area contributed by atoms with Crippen LogP contribution in [-0.2, 0) is 4.79 Å². The Kier molecular flexibility index (Phi) is 3.92. The minimum absolute atomic E-state index is 0.311. The van der Waals surface area contributed by atoms with Crippen LogP contribution in [0.2, 0.25) is 5.02 Å². The van der Waals surface area contributed by atoms with Crippen molar-refractivity contribution in [1.29, 1.82) is 0 Å². The van der Waals surface area contributed by atoms with E-state index in [2.05, 4.69) is 15.9 Å². The van der Waals surface area contributed by atoms with Gasteiger partial charge in [0.25, 0.3) is 0 Å². The molecule has 0 amide bonds. The number of hydrogen-bond acceptors (Lipinski definition) is 2. The maximum Gasteiger partial charge on any atom is 0.306 e. The number of carboxylic acid groups (broad SMARTS) is 1. The van der Waals surface area contributed by atoms with E-state index < -0.39 is 12.1 Å². The average molecular weight is 280 g/mol. The molecule has 14 heavy (non-hydrogen) atoms. The maximum absolute atomic E-state index is 10.3. The fraction of sp³-hybridized carbons (Fsp3) is 0.222. The summed E-state index contributed by atoms with van der Waals surface area (Å²) in [6.45, 7) is 0. The highest BCUT2D eigenvalue weighted by atomic mass is 79.9. The van der Waals surface area contributed by atoms with Gasteiger partial charge in [-0.05, 0) is 33.6 Å². The molecule has 5 heteroatoms. The van der Waals surface area contributed by atoms with Crippen molar-refractivity contribution in [2.24, 2.45) is 0 Å². The van der Waals surface area contributed by atoms with E-state index in [0.717, 1.165) is 0 Å². The standard InChI is InChI=1S/C9H8BrClO3/c10-6-3-5(1-2-7(6)11)8(12)4-9(13)14/h1-3,8,12H,4H2,(H,13,14)/t8-/m1/s1. The minimum Gasteiger partial charge on any atom is -0.481 e. The molecule has 0 unspecified atom stereocenters. The molecular weight excluding hydrogens is 271 g/mol. The van der Waals surface area contributed by atoms with E-state index in [0.29, 0.717) is 15.1 Å². The maximum atomic E-state index is 10.3. The van der Waals surface area contributed by atoms with E-state index in [9.17, 15) is 9.90 Å². The van der Waals surface area contributed by atoms with E-state index in [1.165, 1.54) is 0 Å². The molecule has 0 saturated carbocycles. The molecule has 0 aromatic heterocycles. The zero-order chi connectivity index (χ0) is 10.7. The van der Waals surface area contributed by atoms with Gasteiger partial charge in [-0.2, -0.15) is 0 Å². The molecule has 0 bridgehead atoms. The number of benzene rings is 1. The van der Waals surface area contributed by atoms with Crippen LogP contribution in [-0.4, -0.2) is 16.2 Å². The van der Waals surface area contributed by atoms with Crippen molar-refractivity contribution in [1.82, 2.24) is 0 Å². The number of aliphatic carboxylic acids is 1. The third-order valence-electron chi connectivity index (χ3n) is 1.70. The highest BCUT2D eigenvalue weighted by molar-refractivity contribution is 9.10. The van der Waals surface area contributed by atoms with Gasteiger partial charge in [0.15, 0.2) is 0 Å². The van der Waals surface area contributed by atoms with Crippen LogP contribution >= 0.6 is 27.5 Å². The van der Waals surface area contributed by atoms with Crippen molar-refractivity contribution >= 4 is 33.5 Å². The van der Waals surface area contributed by atoms with Crippen LogP contribution in [0.4, 0.5) is 0 Å². The molecular formula is C9H8BrClO3. The smallest absolute Gasteiger partial charge is 0.306 e. The van der Waals surface area contributed by atoms with Gasteiger partial charge in [-0.25, -0.2) is 0 Å². The molecule has 0 radical (unpaired) electrons. The second-order valence-corrected chi connectivity index (χ2v) is 4.05. The summed E-state index contributed by atoms with van der Waals surface area (Å²) in [6, 6.07) is 4.81. The predicted octanol–water partition coefficient (Wildman–Crippen LogP) is 2.61. The van der Waals surface area contributed by atoms with Crippen LogP contribution in [0.15, 0.2) is 22.7 Å². The lowest BCUT2D eigenvalue weighted by Gasteiger charge is -2.08. The largest absolute Gasteiger partial charge is 0.481 e. The van der Waals surface area contributed by atoms with E-state index >= 15 is 0 Å². The van der Waals surface area contributed by atoms with Gasteiger partial charge in [-0.1, -0.05) is 17.7 Å². The second-order valence-electron chi connectivity index (χ2n) is 2.79. The van der Waals surface area contributed by atoms with E-state index in [4.69, 9.17) is 16.7 Å². The number of hydrogen-bond donors (Lipinski definition) is 2. The first kappa shape index (κ1) is 11.5. The monoisotopic (exact) mass is 278 g/mol. The Morgan fingerprint density at radius 3 is 2.71 bits per heavy atom. The Labute approximate surface area is 94.4 Å². The van der Waals surface area contributed by atoms with Gasteiger partial charge >= 0.3 is 5.97 Å². The van der Waals surface area contributed by atoms with Gasteiger partial charge in [0.2, 0.25) is 0 Å². The Morgan fingerprint density at radius 1 is 1.57 bits per heavy atom. The van der Waals surface area contributed by atoms with Gasteiger partial charge in [0, 0.05) is 4.47 Å². The summed E-state index contributed by atoms with van der Waals surface area (Å²) in [5.74, 6) is -1.04. The summed E-state index contributed by atoms with van der Waals surface area (Å²) in [7, 11) is 0. The second kappa shape index (κ2) is 4.77. The molecule has 1 atom stereocenters. The first-order valence-corrected chi connectivity index (χ1v) is 5.02. The van der Waals surface area contributed by atoms with Gasteiger partial charge in [-0.3, -0.25) is 4.79 Å². The fourth-order valence-corrected chi connectivity index (χ4v) is 1.52. The molecule has 2 N–H and O–H groups in total. The van der Waals surface area contributed by atoms with Crippen LogP contribution < -0.4 is 0 Å². The predicted molar refractivity (Wildman–Crippen MR) is 56.4 cm³/mol. The molecule has 0 heterocycles. The molecule has 1 aromatic carbocycles. The number of carboxylic acids is 1. The van der Waals surface area contributed by atoms with Crippen molar-refractivity contribution in [3.05, 3.63) is 33.3 Å². The summed E-state index contributed by atoms with van der Waals surface area (Å²) in [5.41, 5.74) is 0.531. The van der Waals surface area contributed by atoms with Crippen LogP contribution in [0.1, 0.15) is 18.1 Å². The lowest BCUT2D eigenvalue weighted by atomic mass is 10.1. The first-order valence-electron chi connectivity index (χ1n) is 3.85. The van der Waals surface area contributed by atoms with Crippen molar-refractivity contribution in [2.45, 2.75) is 12.5 Å². The number of carbonyl (C=O) groups is 1. The summed E-state index contributed by atoms with van der Waals surface area (Å²) in [6.07, 6.45) is -1.31. The Morgan fingerprint density at radius 2 is 2.21 bits per heavy atom. The van der Waals surface area contributed by atoms with Gasteiger partial charge in [0.1, 0.15) is 0 Å². The topological polar surface area (TPSA) is 57.5 Å². The molecule has 0 spiro atoms. The van der Waals surface area contributed by atoms with Crippen molar-refractivity contribution in [2.75, 3.05) is 0 Å². The van der Waals surface area contributed by atoms with Gasteiger partial charge < -0.3 is 10.2 Å². The zero-order valence-electron chi connectivity index (χ0n) is 7.08. The molecule has 0 aliphatic rings. The highest BCUT2D eigenvalue weighted by Crippen LogP contribution is 2.27. The Bertz CT molecular complexity index is 354. The van der Waals surface area contributed by atoms with Gasteiger partial charge in [0.05, 0.1) is 17.5 Å². The van der Waals surface area contributed by atoms with Crippen LogP contribution in [0.3, 0.4) is 0 Å². The average Bonchev–Trinajstić information content (AvgIpc) is 2.08. The van der Waals surface area contributed by atoms with Crippen LogP contribution in [0.25, 0.3) is 0 Å². The Hall–Kier alpha value is -0.580. The quantitative estimate of drug-likeness (QED) is 0.894. The first-order chi connectivity index (χ1) is 6.50. The minimum atomic E-state index is -1.04. The fourth-order valence-electron chi connectivity index (χ4n) is 1.00. The molecule has 3 nitrogen and oxygen atoms in total. The van der Waals surface area contributed by atoms with Crippen LogP contribution in [0.5, 0.6) is 0 Å². The summed E-state index contributed by atoms with van der Waals surface area (Å²) in [4.78, 5) is 10.3. The lowest BCUT2D eigenvalue weighted by Crippen LogP contribution is -2.05. The van der Waals surface area contributed by atoms with Crippen molar-refractivity contribution in [3.8, 4) is 0 Å². The Balaban J connectivity index is 2.85. The SMILES string of the molecule is O=C(O)C[C@@H](O)c1ccc(Cl)c(Br)c1. The number of aliphatic hydroxyl groups is 1. The van der Waals surface area contributed by atoms with Crippen LogP contribution in [0, 0.1) is 0 Å². The van der Waals surface area contributed by atoms with Crippen molar-refractivity contribution in [3.63, 3.8) is 0 Å². The zero-order valence-corrected chi connectivity index (χ0v) is 9.42. The molecule has 1 rings (SSSR count). The third-order valence-corrected chi connectivity index (χ3v) is 2.91. The van der Waals surface area contributed by atoms with E-state index in [1.54, 1.807) is 18.2 Å². The lowest BCUT2D eigenvalue weighted by molar-refractivity contribution is -0.139. The summed E-state index contributed by atoms with van der Waals surface area (Å²) in [5, 5.41) is 18.5. The molecule has 1 aromatic rings. The number of rotatable bonds is 3. The molecule has 0 fully saturated rings. The van der Waals surface area contributed by atoms with E-state index in [1.807, 2.05) is 0 Å². The normalized spacial score (nSPS) is 12.5. The molecule has 0 aliphatic carbocycles. The number of aliphatic hydroxyl groups excluding tert-OH is 1. The van der Waals surface area contributed by atoms with Gasteiger partial charge in [-0.15, -0.1) is 0 Å². The summed E-state index contributed by atoms with van der Waals surface area (Å²) >= 11 is 8.94. The summed E-state index contributed by atoms with van der Waals surface area (Å²) < 4.78 is 0.640. The molecule has 76 valence electrons. The van der Waals surface area contributed by atoms with E-state index in [-0.39, 0.29) is 6.42 Å². The third kappa shape index (κ3) is 2.97. The number of halogens is 2. The molecule has 0 aliphatic heterocycles.